The SMILES string of the molecule is O=C(N/N=C\c1ccc(OC(=O)c2ccccc2)cc1)C(=O)Nc1ccccc1Cl. The van der Waals surface area contributed by atoms with Gasteiger partial charge in [-0.2, -0.15) is 5.10 Å². The lowest BCUT2D eigenvalue weighted by atomic mass is 10.2. The zero-order valence-corrected chi connectivity index (χ0v) is 16.3. The number of carbonyl (C=O) groups excluding carboxylic acids is 3. The van der Waals surface area contributed by atoms with Crippen molar-refractivity contribution in [3.8, 4) is 5.75 Å². The summed E-state index contributed by atoms with van der Waals surface area (Å²) in [5.74, 6) is -1.94. The van der Waals surface area contributed by atoms with Gasteiger partial charge in [0.25, 0.3) is 0 Å². The Labute approximate surface area is 177 Å². The van der Waals surface area contributed by atoms with Crippen molar-refractivity contribution < 1.29 is 19.1 Å². The number of ether oxygens (including phenoxy) is 1. The van der Waals surface area contributed by atoms with Crippen LogP contribution in [0.3, 0.4) is 0 Å². The molecule has 0 aromatic heterocycles. The molecule has 2 N–H and O–H groups in total. The number of hydrogen-bond acceptors (Lipinski definition) is 5. The molecule has 0 radical (unpaired) electrons. The molecule has 2 amide bonds. The lowest BCUT2D eigenvalue weighted by molar-refractivity contribution is -0.136. The van der Waals surface area contributed by atoms with Gasteiger partial charge in [-0.25, -0.2) is 10.2 Å². The first-order valence-electron chi connectivity index (χ1n) is 8.79. The van der Waals surface area contributed by atoms with Crippen molar-refractivity contribution in [1.29, 1.82) is 0 Å². The number of rotatable bonds is 5. The summed E-state index contributed by atoms with van der Waals surface area (Å²) in [6.45, 7) is 0. The Morgan fingerprint density at radius 1 is 0.833 bits per heavy atom. The maximum absolute atomic E-state index is 12.0. The highest BCUT2D eigenvalue weighted by molar-refractivity contribution is 6.41. The summed E-state index contributed by atoms with van der Waals surface area (Å²) >= 11 is 5.93. The third kappa shape index (κ3) is 5.76. The second-order valence-corrected chi connectivity index (χ2v) is 6.36. The first-order valence-corrected chi connectivity index (χ1v) is 9.17. The molecule has 8 heteroatoms. The lowest BCUT2D eigenvalue weighted by Gasteiger charge is -2.05. The normalized spacial score (nSPS) is 10.4. The molecule has 3 aromatic carbocycles. The van der Waals surface area contributed by atoms with Gasteiger partial charge in [-0.05, 0) is 54.1 Å². The fraction of sp³-hybridized carbons (Fsp3) is 0. The van der Waals surface area contributed by atoms with Crippen LogP contribution in [0.5, 0.6) is 5.75 Å². The van der Waals surface area contributed by atoms with Crippen molar-refractivity contribution in [3.05, 3.63) is 95.0 Å². The van der Waals surface area contributed by atoms with Crippen LogP contribution in [-0.2, 0) is 9.59 Å². The van der Waals surface area contributed by atoms with Gasteiger partial charge in [-0.3, -0.25) is 9.59 Å². The fourth-order valence-corrected chi connectivity index (χ4v) is 2.50. The summed E-state index contributed by atoms with van der Waals surface area (Å²) in [5, 5.41) is 6.45. The minimum atomic E-state index is -0.945. The topological polar surface area (TPSA) is 96.9 Å². The van der Waals surface area contributed by atoms with Crippen LogP contribution in [0.1, 0.15) is 15.9 Å². The van der Waals surface area contributed by atoms with E-state index < -0.39 is 17.8 Å². The van der Waals surface area contributed by atoms with Crippen molar-refractivity contribution in [1.82, 2.24) is 5.43 Å². The molecule has 150 valence electrons. The number of halogens is 1. The molecule has 0 aliphatic rings. The predicted molar refractivity (Wildman–Crippen MR) is 114 cm³/mol. The maximum Gasteiger partial charge on any atom is 0.343 e. The van der Waals surface area contributed by atoms with Gasteiger partial charge in [0.15, 0.2) is 0 Å². The molecule has 0 aliphatic heterocycles. The Kier molecular flexibility index (Phi) is 6.91. The van der Waals surface area contributed by atoms with E-state index in [-0.39, 0.29) is 0 Å². The Morgan fingerprint density at radius 2 is 1.50 bits per heavy atom. The highest BCUT2D eigenvalue weighted by Crippen LogP contribution is 2.20. The molecule has 0 atom stereocenters. The number of benzene rings is 3. The van der Waals surface area contributed by atoms with Gasteiger partial charge in [0.1, 0.15) is 5.75 Å². The Bertz CT molecular complexity index is 1080. The lowest BCUT2D eigenvalue weighted by Crippen LogP contribution is -2.32. The Balaban J connectivity index is 1.51. The number of hydrazone groups is 1. The van der Waals surface area contributed by atoms with Crippen molar-refractivity contribution >= 4 is 41.3 Å². The number of nitrogens with zero attached hydrogens (tertiary/aromatic N) is 1. The van der Waals surface area contributed by atoms with Crippen molar-refractivity contribution in [2.75, 3.05) is 5.32 Å². The van der Waals surface area contributed by atoms with Crippen molar-refractivity contribution in [2.45, 2.75) is 0 Å². The quantitative estimate of drug-likeness (QED) is 0.216. The summed E-state index contributed by atoms with van der Waals surface area (Å²) in [6.07, 6.45) is 1.35. The second-order valence-electron chi connectivity index (χ2n) is 5.96. The van der Waals surface area contributed by atoms with E-state index in [2.05, 4.69) is 15.8 Å². The largest absolute Gasteiger partial charge is 0.423 e. The van der Waals surface area contributed by atoms with Gasteiger partial charge >= 0.3 is 17.8 Å². The van der Waals surface area contributed by atoms with Gasteiger partial charge in [-0.1, -0.05) is 41.9 Å². The molecular formula is C22H16ClN3O4. The van der Waals surface area contributed by atoms with E-state index in [4.69, 9.17) is 16.3 Å². The van der Waals surface area contributed by atoms with Gasteiger partial charge in [0, 0.05) is 0 Å². The molecule has 0 fully saturated rings. The summed E-state index contributed by atoms with van der Waals surface area (Å²) < 4.78 is 5.28. The monoisotopic (exact) mass is 421 g/mol. The highest BCUT2D eigenvalue weighted by atomic mass is 35.5. The molecule has 0 saturated carbocycles. The van der Waals surface area contributed by atoms with Crippen LogP contribution in [0.25, 0.3) is 0 Å². The highest BCUT2D eigenvalue weighted by Gasteiger charge is 2.14. The van der Waals surface area contributed by atoms with Crippen LogP contribution < -0.4 is 15.5 Å². The zero-order chi connectivity index (χ0) is 21.3. The molecule has 30 heavy (non-hydrogen) atoms. The van der Waals surface area contributed by atoms with Crippen LogP contribution in [0.4, 0.5) is 5.69 Å². The molecule has 3 rings (SSSR count). The molecular weight excluding hydrogens is 406 g/mol. The summed E-state index contributed by atoms with van der Waals surface area (Å²) in [5.41, 5.74) is 3.52. The fourth-order valence-electron chi connectivity index (χ4n) is 2.32. The molecule has 3 aromatic rings. The van der Waals surface area contributed by atoms with E-state index in [1.165, 1.54) is 6.21 Å². The molecule has 0 saturated heterocycles. The molecule has 0 spiro atoms. The number of anilines is 1. The average Bonchev–Trinajstić information content (AvgIpc) is 2.77. The number of carbonyl (C=O) groups is 3. The van der Waals surface area contributed by atoms with E-state index in [9.17, 15) is 14.4 Å². The standard InChI is InChI=1S/C22H16ClN3O4/c23-18-8-4-5-9-19(18)25-20(27)21(28)26-24-14-15-10-12-17(13-11-15)30-22(29)16-6-2-1-3-7-16/h1-14H,(H,25,27)(H,26,28)/b24-14-. The van der Waals surface area contributed by atoms with Gasteiger partial charge in [-0.15, -0.1) is 0 Å². The zero-order valence-electron chi connectivity index (χ0n) is 15.5. The first-order chi connectivity index (χ1) is 14.5. The minimum Gasteiger partial charge on any atom is -0.423 e. The first kappa shape index (κ1) is 20.8. The third-order valence-corrected chi connectivity index (χ3v) is 4.14. The summed E-state index contributed by atoms with van der Waals surface area (Å²) in [6, 6.07) is 21.7. The number of esters is 1. The number of hydrogen-bond donors (Lipinski definition) is 2. The van der Waals surface area contributed by atoms with E-state index in [0.29, 0.717) is 27.6 Å². The van der Waals surface area contributed by atoms with Crippen molar-refractivity contribution in [2.24, 2.45) is 5.10 Å². The second kappa shape index (κ2) is 9.99. The Hall–Kier alpha value is -3.97. The summed E-state index contributed by atoms with van der Waals surface area (Å²) in [7, 11) is 0. The van der Waals surface area contributed by atoms with Gasteiger partial charge in [0.05, 0.1) is 22.5 Å². The molecule has 0 bridgehead atoms. The maximum atomic E-state index is 12.0. The molecule has 7 nitrogen and oxygen atoms in total. The van der Waals surface area contributed by atoms with Gasteiger partial charge < -0.3 is 10.1 Å². The molecule has 0 heterocycles. The van der Waals surface area contributed by atoms with Crippen LogP contribution in [0.2, 0.25) is 5.02 Å². The van der Waals surface area contributed by atoms with E-state index in [1.54, 1.807) is 72.8 Å². The van der Waals surface area contributed by atoms with Crippen molar-refractivity contribution in [3.63, 3.8) is 0 Å². The van der Waals surface area contributed by atoms with E-state index in [1.807, 2.05) is 6.07 Å². The number of nitrogens with one attached hydrogen (secondary N) is 2. The van der Waals surface area contributed by atoms with Gasteiger partial charge in [0.2, 0.25) is 0 Å². The van der Waals surface area contributed by atoms with Crippen LogP contribution >= 0.6 is 11.6 Å². The van der Waals surface area contributed by atoms with Crippen LogP contribution in [0.15, 0.2) is 84.0 Å². The predicted octanol–water partition coefficient (Wildman–Crippen LogP) is 3.65. The number of para-hydroxylation sites is 1. The van der Waals surface area contributed by atoms with Crippen LogP contribution in [-0.4, -0.2) is 24.0 Å². The van der Waals surface area contributed by atoms with E-state index >= 15 is 0 Å². The van der Waals surface area contributed by atoms with Crippen LogP contribution in [0, 0.1) is 0 Å². The average molecular weight is 422 g/mol. The van der Waals surface area contributed by atoms with E-state index in [0.717, 1.165) is 0 Å². The number of amides is 2. The molecule has 0 aliphatic carbocycles. The molecule has 0 unspecified atom stereocenters. The minimum absolute atomic E-state index is 0.315. The third-order valence-electron chi connectivity index (χ3n) is 3.81. The Morgan fingerprint density at radius 3 is 2.20 bits per heavy atom. The smallest absolute Gasteiger partial charge is 0.343 e. The summed E-state index contributed by atoms with van der Waals surface area (Å²) in [4.78, 5) is 35.7.